The van der Waals surface area contributed by atoms with Crippen molar-refractivity contribution in [3.05, 3.63) is 41.6 Å². The fraction of sp³-hybridized carbons (Fsp3) is 0.577. The van der Waals surface area contributed by atoms with Crippen LogP contribution in [-0.4, -0.2) is 60.3 Å². The monoisotopic (exact) mass is 444 g/mol. The summed E-state index contributed by atoms with van der Waals surface area (Å²) in [5.41, 5.74) is 2.50. The van der Waals surface area contributed by atoms with Crippen LogP contribution in [0.4, 0.5) is 17.5 Å². The van der Waals surface area contributed by atoms with Gasteiger partial charge in [0.25, 0.3) is 0 Å². The quantitative estimate of drug-likeness (QED) is 0.745. The minimum atomic E-state index is 0.532. The average Bonchev–Trinajstić information content (AvgIpc) is 3.28. The number of likely N-dealkylation sites (tertiary alicyclic amines) is 1. The van der Waals surface area contributed by atoms with Crippen LogP contribution in [0.15, 0.2) is 30.5 Å². The third kappa shape index (κ3) is 4.18. The zero-order valence-electron chi connectivity index (χ0n) is 19.2. The van der Waals surface area contributed by atoms with Gasteiger partial charge in [0.1, 0.15) is 17.5 Å². The molecule has 1 saturated carbocycles. The van der Waals surface area contributed by atoms with Crippen molar-refractivity contribution >= 4 is 17.5 Å². The van der Waals surface area contributed by atoms with E-state index in [2.05, 4.69) is 38.3 Å². The predicted molar refractivity (Wildman–Crippen MR) is 128 cm³/mol. The fourth-order valence-electron chi connectivity index (χ4n) is 6.10. The fourth-order valence-corrected chi connectivity index (χ4v) is 6.10. The second-order valence-corrected chi connectivity index (χ2v) is 10.4. The molecule has 1 spiro atoms. The first kappa shape index (κ1) is 20.9. The molecule has 7 nitrogen and oxygen atoms in total. The summed E-state index contributed by atoms with van der Waals surface area (Å²) in [7, 11) is 0. The largest absolute Gasteiger partial charge is 0.378 e. The summed E-state index contributed by atoms with van der Waals surface area (Å²) in [6, 6.07) is 10.9. The lowest BCUT2D eigenvalue weighted by atomic mass is 9.78. The number of hydrogen-bond acceptors (Lipinski definition) is 7. The van der Waals surface area contributed by atoms with Gasteiger partial charge in [0.2, 0.25) is 0 Å². The summed E-state index contributed by atoms with van der Waals surface area (Å²) < 4.78 is 5.40. The van der Waals surface area contributed by atoms with Gasteiger partial charge in [-0.1, -0.05) is 12.8 Å². The van der Waals surface area contributed by atoms with Crippen LogP contribution in [0.5, 0.6) is 0 Å². The maximum absolute atomic E-state index is 9.24. The van der Waals surface area contributed by atoms with Crippen LogP contribution in [-0.2, 0) is 4.74 Å². The van der Waals surface area contributed by atoms with Crippen molar-refractivity contribution in [1.29, 1.82) is 5.26 Å². The molecule has 0 bridgehead atoms. The van der Waals surface area contributed by atoms with E-state index in [1.165, 1.54) is 44.1 Å². The molecule has 7 heteroatoms. The molecular formula is C26H32N6O. The summed E-state index contributed by atoms with van der Waals surface area (Å²) in [6.07, 6.45) is 9.49. The van der Waals surface area contributed by atoms with Gasteiger partial charge in [-0.25, -0.2) is 9.97 Å². The number of rotatable bonds is 5. The van der Waals surface area contributed by atoms with Crippen LogP contribution in [0.25, 0.3) is 0 Å². The standard InChI is InChI=1S/C26H32N6O/c27-14-19-3-8-28-23(11-19)29-24-12-21(20-4-9-31(10-5-20)22-15-33-16-22)13-25(30-24)32-17-26(18-32)6-1-2-7-26/h3,8,11-13,20,22H,1-2,4-7,9-10,15-18H2,(H,28,29,30). The van der Waals surface area contributed by atoms with Crippen LogP contribution >= 0.6 is 0 Å². The van der Waals surface area contributed by atoms with Crippen LogP contribution in [0.1, 0.15) is 55.6 Å². The van der Waals surface area contributed by atoms with Crippen molar-refractivity contribution < 1.29 is 4.74 Å². The second-order valence-electron chi connectivity index (χ2n) is 10.4. The SMILES string of the molecule is N#Cc1ccnc(Nc2cc(C3CCN(C4COC4)CC3)cc(N3CC4(CCCC4)C3)n2)c1. The molecule has 0 amide bonds. The molecule has 4 aliphatic rings. The molecule has 3 saturated heterocycles. The molecule has 2 aromatic rings. The van der Waals surface area contributed by atoms with E-state index in [9.17, 15) is 5.26 Å². The van der Waals surface area contributed by atoms with Gasteiger partial charge in [0, 0.05) is 24.7 Å². The van der Waals surface area contributed by atoms with E-state index in [1.54, 1.807) is 18.3 Å². The molecule has 0 atom stereocenters. The van der Waals surface area contributed by atoms with Crippen LogP contribution in [0.3, 0.4) is 0 Å². The van der Waals surface area contributed by atoms with E-state index in [4.69, 9.17) is 9.72 Å². The Morgan fingerprint density at radius 2 is 1.85 bits per heavy atom. The molecule has 0 aromatic carbocycles. The summed E-state index contributed by atoms with van der Waals surface area (Å²) in [4.78, 5) is 14.4. The first-order valence-corrected chi connectivity index (χ1v) is 12.4. The summed E-state index contributed by atoms with van der Waals surface area (Å²) in [6.45, 7) is 6.32. The maximum atomic E-state index is 9.24. The van der Waals surface area contributed by atoms with Crippen molar-refractivity contribution in [3.63, 3.8) is 0 Å². The predicted octanol–water partition coefficient (Wildman–Crippen LogP) is 4.05. The topological polar surface area (TPSA) is 77.3 Å². The Bertz CT molecular complexity index is 1040. The third-order valence-electron chi connectivity index (χ3n) is 8.16. The number of hydrogen-bond donors (Lipinski definition) is 1. The molecule has 33 heavy (non-hydrogen) atoms. The average molecular weight is 445 g/mol. The molecule has 4 fully saturated rings. The van der Waals surface area contributed by atoms with Crippen molar-refractivity contribution in [2.24, 2.45) is 5.41 Å². The molecule has 0 unspecified atom stereocenters. The van der Waals surface area contributed by atoms with Crippen molar-refractivity contribution in [2.45, 2.75) is 50.5 Å². The number of nitrogens with one attached hydrogen (secondary N) is 1. The first-order valence-electron chi connectivity index (χ1n) is 12.4. The van der Waals surface area contributed by atoms with Crippen molar-refractivity contribution in [2.75, 3.05) is 49.6 Å². The highest BCUT2D eigenvalue weighted by Gasteiger charge is 2.45. The Balaban J connectivity index is 1.23. The van der Waals surface area contributed by atoms with E-state index >= 15 is 0 Å². The van der Waals surface area contributed by atoms with Crippen LogP contribution in [0, 0.1) is 16.7 Å². The Morgan fingerprint density at radius 1 is 1.06 bits per heavy atom. The van der Waals surface area contributed by atoms with Gasteiger partial charge in [0.05, 0.1) is 30.9 Å². The Hall–Kier alpha value is -2.69. The lowest BCUT2D eigenvalue weighted by Crippen LogP contribution is -2.55. The number of piperidine rings is 1. The minimum Gasteiger partial charge on any atom is -0.378 e. The molecule has 2 aromatic heterocycles. The normalized spacial score (nSPS) is 23.2. The molecule has 0 radical (unpaired) electrons. The number of pyridine rings is 2. The Morgan fingerprint density at radius 3 is 2.55 bits per heavy atom. The number of aromatic nitrogens is 2. The molecule has 3 aliphatic heterocycles. The van der Waals surface area contributed by atoms with E-state index in [0.29, 0.717) is 28.8 Å². The minimum absolute atomic E-state index is 0.532. The van der Waals surface area contributed by atoms with Crippen LogP contribution in [0.2, 0.25) is 0 Å². The van der Waals surface area contributed by atoms with Crippen molar-refractivity contribution in [1.82, 2.24) is 14.9 Å². The number of ether oxygens (including phenoxy) is 1. The molecule has 1 N–H and O–H groups in total. The molecule has 172 valence electrons. The van der Waals surface area contributed by atoms with E-state index in [1.807, 2.05) is 0 Å². The maximum Gasteiger partial charge on any atom is 0.134 e. The Labute approximate surface area is 195 Å². The van der Waals surface area contributed by atoms with E-state index < -0.39 is 0 Å². The van der Waals surface area contributed by atoms with Crippen LogP contribution < -0.4 is 10.2 Å². The van der Waals surface area contributed by atoms with Gasteiger partial charge in [-0.3, -0.25) is 4.90 Å². The second kappa shape index (κ2) is 8.58. The summed E-state index contributed by atoms with van der Waals surface area (Å²) >= 11 is 0. The first-order chi connectivity index (χ1) is 16.2. The molecule has 1 aliphatic carbocycles. The lowest BCUT2D eigenvalue weighted by Gasteiger charge is -2.49. The zero-order chi connectivity index (χ0) is 22.3. The summed E-state index contributed by atoms with van der Waals surface area (Å²) in [5, 5.41) is 12.6. The van der Waals surface area contributed by atoms with Crippen molar-refractivity contribution in [3.8, 4) is 6.07 Å². The van der Waals surface area contributed by atoms with E-state index in [0.717, 1.165) is 51.0 Å². The zero-order valence-corrected chi connectivity index (χ0v) is 19.2. The smallest absolute Gasteiger partial charge is 0.134 e. The van der Waals surface area contributed by atoms with Gasteiger partial charge in [-0.05, 0) is 74.5 Å². The number of anilines is 3. The molecule has 6 rings (SSSR count). The number of nitriles is 1. The number of nitrogens with zero attached hydrogens (tertiary/aromatic N) is 5. The summed E-state index contributed by atoms with van der Waals surface area (Å²) in [5.74, 6) is 3.12. The Kier molecular flexibility index (Phi) is 5.43. The van der Waals surface area contributed by atoms with Gasteiger partial charge in [0.15, 0.2) is 0 Å². The van der Waals surface area contributed by atoms with Gasteiger partial charge < -0.3 is 15.0 Å². The van der Waals surface area contributed by atoms with Gasteiger partial charge in [-0.2, -0.15) is 5.26 Å². The van der Waals surface area contributed by atoms with Gasteiger partial charge >= 0.3 is 0 Å². The third-order valence-corrected chi connectivity index (χ3v) is 8.16. The highest BCUT2D eigenvalue weighted by atomic mass is 16.5. The molecular weight excluding hydrogens is 412 g/mol. The van der Waals surface area contributed by atoms with Gasteiger partial charge in [-0.15, -0.1) is 0 Å². The van der Waals surface area contributed by atoms with E-state index in [-0.39, 0.29) is 0 Å². The lowest BCUT2D eigenvalue weighted by molar-refractivity contribution is -0.0712. The molecule has 5 heterocycles. The highest BCUT2D eigenvalue weighted by Crippen LogP contribution is 2.47. The highest BCUT2D eigenvalue weighted by molar-refractivity contribution is 5.59.